The number of sulfonamides is 1. The molecule has 2 aromatic carbocycles. The minimum atomic E-state index is -3.41. The van der Waals surface area contributed by atoms with E-state index in [4.69, 9.17) is 0 Å². The lowest BCUT2D eigenvalue weighted by molar-refractivity contribution is 0.433. The molecule has 0 spiro atoms. The number of rotatable bonds is 3. The topological polar surface area (TPSA) is 40.6 Å². The van der Waals surface area contributed by atoms with Crippen LogP contribution in [0.1, 0.15) is 12.0 Å². The third-order valence-electron chi connectivity index (χ3n) is 4.29. The maximum absolute atomic E-state index is 12.9. The average molecular weight is 330 g/mol. The zero-order valence-corrected chi connectivity index (χ0v) is 14.2. The molecule has 0 amide bonds. The largest absolute Gasteiger partial charge is 0.370 e. The minimum Gasteiger partial charge on any atom is -0.370 e. The lowest BCUT2D eigenvalue weighted by Gasteiger charge is -2.23. The second-order valence-electron chi connectivity index (χ2n) is 5.85. The van der Waals surface area contributed by atoms with E-state index in [0.29, 0.717) is 18.0 Å². The fourth-order valence-corrected chi connectivity index (χ4v) is 4.71. The van der Waals surface area contributed by atoms with Crippen LogP contribution in [0.2, 0.25) is 0 Å². The van der Waals surface area contributed by atoms with Gasteiger partial charge in [-0.2, -0.15) is 4.31 Å². The molecule has 0 bridgehead atoms. The Morgan fingerprint density at radius 1 is 0.826 bits per heavy atom. The average Bonchev–Trinajstić information content (AvgIpc) is 2.82. The molecule has 0 atom stereocenters. The molecule has 0 saturated carbocycles. The van der Waals surface area contributed by atoms with Crippen molar-refractivity contribution in [3.05, 3.63) is 60.2 Å². The highest BCUT2D eigenvalue weighted by molar-refractivity contribution is 7.89. The van der Waals surface area contributed by atoms with Crippen LogP contribution in [-0.2, 0) is 10.0 Å². The van der Waals surface area contributed by atoms with E-state index in [9.17, 15) is 8.42 Å². The number of hydrogen-bond acceptors (Lipinski definition) is 3. The van der Waals surface area contributed by atoms with Gasteiger partial charge in [0.1, 0.15) is 0 Å². The van der Waals surface area contributed by atoms with E-state index in [2.05, 4.69) is 17.0 Å². The maximum Gasteiger partial charge on any atom is 0.243 e. The number of hydrogen-bond donors (Lipinski definition) is 0. The van der Waals surface area contributed by atoms with Gasteiger partial charge in [-0.1, -0.05) is 36.4 Å². The molecule has 0 radical (unpaired) electrons. The molecule has 4 nitrogen and oxygen atoms in total. The second kappa shape index (κ2) is 6.72. The molecule has 1 saturated heterocycles. The Hall–Kier alpha value is -1.85. The molecular formula is C18H22N2O2S. The summed E-state index contributed by atoms with van der Waals surface area (Å²) in [6.07, 6.45) is 0.833. The highest BCUT2D eigenvalue weighted by atomic mass is 32.2. The summed E-state index contributed by atoms with van der Waals surface area (Å²) < 4.78 is 27.4. The number of benzene rings is 2. The van der Waals surface area contributed by atoms with Crippen molar-refractivity contribution in [3.63, 3.8) is 0 Å². The normalized spacial score (nSPS) is 17.0. The summed E-state index contributed by atoms with van der Waals surface area (Å²) in [5, 5.41) is 0. The number of aryl methyl sites for hydroxylation is 1. The highest BCUT2D eigenvalue weighted by Gasteiger charge is 2.27. The van der Waals surface area contributed by atoms with Gasteiger partial charge in [0.05, 0.1) is 4.90 Å². The summed E-state index contributed by atoms with van der Waals surface area (Å²) in [4.78, 5) is 2.68. The Balaban J connectivity index is 1.79. The predicted octanol–water partition coefficient (Wildman–Crippen LogP) is 2.90. The van der Waals surface area contributed by atoms with Gasteiger partial charge in [-0.15, -0.1) is 0 Å². The summed E-state index contributed by atoms with van der Waals surface area (Å²) in [6, 6.07) is 17.4. The molecule has 5 heteroatoms. The van der Waals surface area contributed by atoms with Gasteiger partial charge in [0.25, 0.3) is 0 Å². The molecule has 1 aliphatic heterocycles. The SMILES string of the molecule is Cc1ccccc1S(=O)(=O)N1CCCN(c2ccccc2)CC1. The predicted molar refractivity (Wildman–Crippen MR) is 93.2 cm³/mol. The highest BCUT2D eigenvalue weighted by Crippen LogP contribution is 2.22. The van der Waals surface area contributed by atoms with Gasteiger partial charge in [0.2, 0.25) is 10.0 Å². The van der Waals surface area contributed by atoms with E-state index >= 15 is 0 Å². The van der Waals surface area contributed by atoms with Gasteiger partial charge >= 0.3 is 0 Å². The van der Waals surface area contributed by atoms with Crippen molar-refractivity contribution in [1.82, 2.24) is 4.31 Å². The van der Waals surface area contributed by atoms with Gasteiger partial charge in [-0.25, -0.2) is 8.42 Å². The molecule has 1 heterocycles. The van der Waals surface area contributed by atoms with E-state index in [1.807, 2.05) is 37.3 Å². The van der Waals surface area contributed by atoms with Crippen LogP contribution < -0.4 is 4.90 Å². The van der Waals surface area contributed by atoms with Gasteiger partial charge in [-0.3, -0.25) is 0 Å². The second-order valence-corrected chi connectivity index (χ2v) is 7.75. The van der Waals surface area contributed by atoms with E-state index in [0.717, 1.165) is 30.8 Å². The van der Waals surface area contributed by atoms with Gasteiger partial charge in [-0.05, 0) is 37.1 Å². The summed E-state index contributed by atoms with van der Waals surface area (Å²) in [7, 11) is -3.41. The zero-order valence-electron chi connectivity index (χ0n) is 13.4. The van der Waals surface area contributed by atoms with Crippen LogP contribution in [0, 0.1) is 6.92 Å². The molecule has 122 valence electrons. The molecule has 0 aliphatic carbocycles. The van der Waals surface area contributed by atoms with E-state index < -0.39 is 10.0 Å². The first-order valence-corrected chi connectivity index (χ1v) is 9.39. The van der Waals surface area contributed by atoms with Crippen LogP contribution in [-0.4, -0.2) is 38.9 Å². The first kappa shape index (κ1) is 16.0. The Kier molecular flexibility index (Phi) is 4.68. The molecular weight excluding hydrogens is 308 g/mol. The lowest BCUT2D eigenvalue weighted by atomic mass is 10.2. The number of nitrogens with zero attached hydrogens (tertiary/aromatic N) is 2. The summed E-state index contributed by atoms with van der Waals surface area (Å²) in [6.45, 7) is 4.53. The number of anilines is 1. The Morgan fingerprint density at radius 2 is 1.52 bits per heavy atom. The van der Waals surface area contributed by atoms with Crippen molar-refractivity contribution in [1.29, 1.82) is 0 Å². The standard InChI is InChI=1S/C18H22N2O2S/c1-16-8-5-6-11-18(16)23(21,22)20-13-7-12-19(14-15-20)17-9-3-2-4-10-17/h2-6,8-11H,7,12-15H2,1H3. The Labute approximate surface area is 138 Å². The van der Waals surface area contributed by atoms with Crippen LogP contribution in [0.4, 0.5) is 5.69 Å². The third-order valence-corrected chi connectivity index (χ3v) is 6.35. The van der Waals surface area contributed by atoms with Crippen molar-refractivity contribution in [3.8, 4) is 0 Å². The fraction of sp³-hybridized carbons (Fsp3) is 0.333. The van der Waals surface area contributed by atoms with Crippen molar-refractivity contribution in [2.75, 3.05) is 31.1 Å². The molecule has 0 unspecified atom stereocenters. The fourth-order valence-electron chi connectivity index (χ4n) is 3.02. The molecule has 0 aromatic heterocycles. The van der Waals surface area contributed by atoms with Gasteiger partial charge in [0.15, 0.2) is 0 Å². The van der Waals surface area contributed by atoms with Crippen LogP contribution in [0.3, 0.4) is 0 Å². The maximum atomic E-state index is 12.9. The first-order chi connectivity index (χ1) is 11.1. The lowest BCUT2D eigenvalue weighted by Crippen LogP contribution is -2.35. The number of para-hydroxylation sites is 1. The Morgan fingerprint density at radius 3 is 2.26 bits per heavy atom. The summed E-state index contributed by atoms with van der Waals surface area (Å²) >= 11 is 0. The summed E-state index contributed by atoms with van der Waals surface area (Å²) in [5.74, 6) is 0. The van der Waals surface area contributed by atoms with Crippen LogP contribution in [0.25, 0.3) is 0 Å². The van der Waals surface area contributed by atoms with E-state index in [1.54, 1.807) is 16.4 Å². The molecule has 3 rings (SSSR count). The van der Waals surface area contributed by atoms with Crippen molar-refractivity contribution in [2.45, 2.75) is 18.2 Å². The van der Waals surface area contributed by atoms with Crippen molar-refractivity contribution < 1.29 is 8.42 Å². The smallest absolute Gasteiger partial charge is 0.243 e. The third kappa shape index (κ3) is 3.41. The molecule has 2 aromatic rings. The summed E-state index contributed by atoms with van der Waals surface area (Å²) in [5.41, 5.74) is 1.96. The first-order valence-electron chi connectivity index (χ1n) is 7.95. The zero-order chi connectivity index (χ0) is 16.3. The van der Waals surface area contributed by atoms with Crippen LogP contribution >= 0.6 is 0 Å². The van der Waals surface area contributed by atoms with Crippen molar-refractivity contribution >= 4 is 15.7 Å². The minimum absolute atomic E-state index is 0.424. The molecule has 0 N–H and O–H groups in total. The monoisotopic (exact) mass is 330 g/mol. The van der Waals surface area contributed by atoms with E-state index in [1.165, 1.54) is 0 Å². The molecule has 1 aliphatic rings. The van der Waals surface area contributed by atoms with Gasteiger partial charge in [0, 0.05) is 31.9 Å². The Bertz CT molecular complexity index is 760. The van der Waals surface area contributed by atoms with E-state index in [-0.39, 0.29) is 0 Å². The quantitative estimate of drug-likeness (QED) is 0.869. The molecule has 1 fully saturated rings. The van der Waals surface area contributed by atoms with Crippen LogP contribution in [0.15, 0.2) is 59.5 Å². The molecule has 23 heavy (non-hydrogen) atoms. The van der Waals surface area contributed by atoms with Crippen molar-refractivity contribution in [2.24, 2.45) is 0 Å². The van der Waals surface area contributed by atoms with Crippen LogP contribution in [0.5, 0.6) is 0 Å². The van der Waals surface area contributed by atoms with Gasteiger partial charge < -0.3 is 4.90 Å².